The van der Waals surface area contributed by atoms with Crippen LogP contribution in [-0.2, 0) is 37.5 Å². The first kappa shape index (κ1) is 28.1. The third kappa shape index (κ3) is 5.71. The first-order chi connectivity index (χ1) is 14.4. The van der Waals surface area contributed by atoms with Crippen molar-refractivity contribution in [2.75, 3.05) is 0 Å². The third-order valence-corrected chi connectivity index (χ3v) is 5.19. The van der Waals surface area contributed by atoms with Gasteiger partial charge in [0.25, 0.3) is 0 Å². The number of carbonyl (C=O) groups excluding carboxylic acids is 1. The van der Waals surface area contributed by atoms with Crippen molar-refractivity contribution in [2.24, 2.45) is 10.4 Å². The van der Waals surface area contributed by atoms with Crippen LogP contribution in [0.25, 0.3) is 11.1 Å². The van der Waals surface area contributed by atoms with Gasteiger partial charge in [-0.2, -0.15) is 0 Å². The SMILES string of the molecule is CC.Cc1noc2c1-c1ccccc1C(c1ccccc1)=N[C@H]2CC(=O)C(C)(C)C.[CH3-].[Y]. The fourth-order valence-corrected chi connectivity index (χ4v) is 3.58. The van der Waals surface area contributed by atoms with Gasteiger partial charge in [-0.15, -0.1) is 0 Å². The Morgan fingerprint density at radius 3 is 2.12 bits per heavy atom. The van der Waals surface area contributed by atoms with E-state index in [2.05, 4.69) is 29.4 Å². The minimum atomic E-state index is -0.434. The molecule has 0 N–H and O–H groups in total. The van der Waals surface area contributed by atoms with Crippen LogP contribution in [0.4, 0.5) is 0 Å². The summed E-state index contributed by atoms with van der Waals surface area (Å²) < 4.78 is 5.72. The molecule has 1 radical (unpaired) electrons. The monoisotopic (exact) mass is 506 g/mol. The van der Waals surface area contributed by atoms with Crippen LogP contribution in [0.3, 0.4) is 0 Å². The minimum absolute atomic E-state index is 0. The Labute approximate surface area is 217 Å². The molecule has 0 amide bonds. The Morgan fingerprint density at radius 2 is 1.53 bits per heavy atom. The number of hydrogen-bond acceptors (Lipinski definition) is 4. The molecule has 3 aromatic rings. The van der Waals surface area contributed by atoms with E-state index in [1.807, 2.05) is 71.9 Å². The Kier molecular flexibility index (Phi) is 10.4. The average Bonchev–Trinajstić information content (AvgIpc) is 3.07. The number of aryl methyl sites for hydroxylation is 1. The van der Waals surface area contributed by atoms with Gasteiger partial charge in [0.2, 0.25) is 0 Å². The van der Waals surface area contributed by atoms with Gasteiger partial charge < -0.3 is 11.9 Å². The molecule has 167 valence electrons. The number of ketones is 1. The van der Waals surface area contributed by atoms with E-state index in [-0.39, 0.29) is 52.3 Å². The smallest absolute Gasteiger partial charge is 0.169 e. The molecule has 0 bridgehead atoms. The Morgan fingerprint density at radius 1 is 0.969 bits per heavy atom. The molecule has 5 heteroatoms. The van der Waals surface area contributed by atoms with Crippen molar-refractivity contribution < 1.29 is 42.0 Å². The summed E-state index contributed by atoms with van der Waals surface area (Å²) in [4.78, 5) is 17.9. The summed E-state index contributed by atoms with van der Waals surface area (Å²) in [6, 6.07) is 17.9. The van der Waals surface area contributed by atoms with Gasteiger partial charge in [-0.25, -0.2) is 0 Å². The molecule has 0 spiro atoms. The molecule has 1 aromatic heterocycles. The zero-order valence-electron chi connectivity index (χ0n) is 20.3. The molecule has 2 heterocycles. The standard InChI is InChI=1S/C24H24N2O2.C2H6.CH3.Y/c1-15-21-17-12-8-9-13-18(17)22(16-10-6-5-7-11-16)25-19(23(21)28-26-15)14-20(27)24(2,3)4;1-2;;/h5-13,19H,14H2,1-4H3;1-2H3;1H3;/q;;-1;/t19-;;;/m0.../s1. The van der Waals surface area contributed by atoms with Crippen LogP contribution in [0.15, 0.2) is 64.1 Å². The number of hydrogen-bond donors (Lipinski definition) is 0. The molecular weight excluding hydrogens is 473 g/mol. The number of carbonyl (C=O) groups is 1. The number of benzene rings is 2. The van der Waals surface area contributed by atoms with Gasteiger partial charge in [0.15, 0.2) is 5.76 Å². The molecule has 4 rings (SSSR count). The van der Waals surface area contributed by atoms with Crippen LogP contribution in [0.1, 0.15) is 69.7 Å². The van der Waals surface area contributed by atoms with E-state index in [0.717, 1.165) is 33.7 Å². The normalized spacial score (nSPS) is 14.2. The molecule has 32 heavy (non-hydrogen) atoms. The van der Waals surface area contributed by atoms with Gasteiger partial charge in [-0.1, -0.05) is 94.4 Å². The van der Waals surface area contributed by atoms with E-state index in [9.17, 15) is 4.79 Å². The first-order valence-electron chi connectivity index (χ1n) is 10.6. The summed E-state index contributed by atoms with van der Waals surface area (Å²) in [6.07, 6.45) is 0.287. The van der Waals surface area contributed by atoms with E-state index in [1.165, 1.54) is 0 Å². The molecule has 0 unspecified atom stereocenters. The number of fused-ring (bicyclic) bond motifs is 3. The van der Waals surface area contributed by atoms with E-state index in [4.69, 9.17) is 9.52 Å². The summed E-state index contributed by atoms with van der Waals surface area (Å²) in [5.74, 6) is 0.827. The van der Waals surface area contributed by atoms with Crippen molar-refractivity contribution in [1.82, 2.24) is 5.16 Å². The summed E-state index contributed by atoms with van der Waals surface area (Å²) in [5, 5.41) is 4.20. The van der Waals surface area contributed by atoms with Crippen LogP contribution in [0, 0.1) is 19.8 Å². The predicted octanol–water partition coefficient (Wildman–Crippen LogP) is 7.02. The second-order valence-electron chi connectivity index (χ2n) is 8.29. The molecule has 1 atom stereocenters. The maximum Gasteiger partial charge on any atom is 0.169 e. The molecule has 1 aliphatic rings. The van der Waals surface area contributed by atoms with E-state index < -0.39 is 11.5 Å². The van der Waals surface area contributed by atoms with Crippen LogP contribution in [0.5, 0.6) is 0 Å². The maximum atomic E-state index is 12.8. The number of rotatable bonds is 3. The molecular formula is C27H33N2O2Y-. The van der Waals surface area contributed by atoms with Crippen molar-refractivity contribution >= 4 is 11.5 Å². The topological polar surface area (TPSA) is 55.5 Å². The van der Waals surface area contributed by atoms with Crippen molar-refractivity contribution in [1.29, 1.82) is 0 Å². The minimum Gasteiger partial charge on any atom is -0.358 e. The average molecular weight is 506 g/mol. The summed E-state index contributed by atoms with van der Waals surface area (Å²) in [6.45, 7) is 11.8. The number of Topliss-reactive ketones (excluding diaryl/α,β-unsaturated/α-hetero) is 1. The van der Waals surface area contributed by atoms with Crippen LogP contribution in [-0.4, -0.2) is 16.7 Å². The van der Waals surface area contributed by atoms with Crippen molar-refractivity contribution in [3.8, 4) is 11.1 Å². The van der Waals surface area contributed by atoms with Gasteiger partial charge >= 0.3 is 0 Å². The van der Waals surface area contributed by atoms with Gasteiger partial charge in [0.1, 0.15) is 11.8 Å². The zero-order chi connectivity index (χ0) is 21.9. The number of nitrogens with zero attached hydrogens (tertiary/aromatic N) is 2. The van der Waals surface area contributed by atoms with Crippen molar-refractivity contribution in [3.63, 3.8) is 0 Å². The Bertz CT molecular complexity index is 1060. The Hall–Kier alpha value is -1.91. The molecule has 0 saturated carbocycles. The second kappa shape index (κ2) is 11.8. The van der Waals surface area contributed by atoms with Crippen LogP contribution < -0.4 is 0 Å². The van der Waals surface area contributed by atoms with E-state index >= 15 is 0 Å². The van der Waals surface area contributed by atoms with Crippen LogP contribution in [0.2, 0.25) is 0 Å². The summed E-state index contributed by atoms with van der Waals surface area (Å²) in [7, 11) is 0. The quantitative estimate of drug-likeness (QED) is 0.359. The van der Waals surface area contributed by atoms with Gasteiger partial charge in [0.05, 0.1) is 17.0 Å². The molecule has 2 aromatic carbocycles. The fourth-order valence-electron chi connectivity index (χ4n) is 3.58. The second-order valence-corrected chi connectivity index (χ2v) is 8.29. The molecule has 0 fully saturated rings. The van der Waals surface area contributed by atoms with Gasteiger partial charge in [0, 0.05) is 55.7 Å². The molecule has 0 saturated heterocycles. The van der Waals surface area contributed by atoms with E-state index in [1.54, 1.807) is 0 Å². The molecule has 4 nitrogen and oxygen atoms in total. The zero-order valence-corrected chi connectivity index (χ0v) is 23.1. The Balaban J connectivity index is 0.00000125. The summed E-state index contributed by atoms with van der Waals surface area (Å²) in [5.41, 5.74) is 5.33. The first-order valence-corrected chi connectivity index (χ1v) is 10.6. The molecule has 1 aliphatic heterocycles. The fraction of sp³-hybridized carbons (Fsp3) is 0.333. The maximum absolute atomic E-state index is 12.8. The van der Waals surface area contributed by atoms with Crippen molar-refractivity contribution in [2.45, 2.75) is 54.0 Å². The van der Waals surface area contributed by atoms with E-state index in [0.29, 0.717) is 5.76 Å². The van der Waals surface area contributed by atoms with Gasteiger partial charge in [-0.05, 0) is 12.5 Å². The predicted molar refractivity (Wildman–Crippen MR) is 128 cm³/mol. The number of aliphatic imine (C=N–C) groups is 1. The third-order valence-electron chi connectivity index (χ3n) is 5.19. The molecule has 0 aliphatic carbocycles. The largest absolute Gasteiger partial charge is 0.358 e. The van der Waals surface area contributed by atoms with Crippen molar-refractivity contribution in [3.05, 3.63) is 84.6 Å². The number of aromatic nitrogens is 1. The summed E-state index contributed by atoms with van der Waals surface area (Å²) >= 11 is 0. The van der Waals surface area contributed by atoms with Gasteiger partial charge in [-0.3, -0.25) is 9.79 Å². The van der Waals surface area contributed by atoms with Crippen LogP contribution >= 0.6 is 0 Å².